The largest absolute Gasteiger partial charge is 0.480 e. The molecule has 1 aromatic rings. The van der Waals surface area contributed by atoms with Crippen molar-refractivity contribution in [3.63, 3.8) is 0 Å². The smallest absolute Gasteiger partial charge is 0.323 e. The van der Waals surface area contributed by atoms with Crippen molar-refractivity contribution >= 4 is 5.97 Å². The Labute approximate surface area is 101 Å². The third-order valence-electron chi connectivity index (χ3n) is 3.05. The summed E-state index contributed by atoms with van der Waals surface area (Å²) in [5.74, 6) is -1.13. The Hall–Kier alpha value is -1.42. The summed E-state index contributed by atoms with van der Waals surface area (Å²) in [5.41, 5.74) is -0.338. The van der Waals surface area contributed by atoms with Crippen molar-refractivity contribution in [3.8, 4) is 0 Å². The molecule has 0 saturated heterocycles. The van der Waals surface area contributed by atoms with Crippen molar-refractivity contribution in [2.75, 3.05) is 6.54 Å². The number of hydrogen-bond acceptors (Lipinski definition) is 2. The summed E-state index contributed by atoms with van der Waals surface area (Å²) in [6.07, 6.45) is 0.967. The Morgan fingerprint density at radius 3 is 2.65 bits per heavy atom. The van der Waals surface area contributed by atoms with E-state index in [-0.39, 0.29) is 5.82 Å². The lowest BCUT2D eigenvalue weighted by Crippen LogP contribution is -2.49. The van der Waals surface area contributed by atoms with E-state index < -0.39 is 11.5 Å². The predicted octanol–water partition coefficient (Wildman–Crippen LogP) is 2.21. The van der Waals surface area contributed by atoms with Gasteiger partial charge in [-0.1, -0.05) is 25.1 Å². The van der Waals surface area contributed by atoms with E-state index in [4.69, 9.17) is 5.11 Å². The fourth-order valence-electron chi connectivity index (χ4n) is 1.53. The first-order valence-corrected chi connectivity index (χ1v) is 5.71. The van der Waals surface area contributed by atoms with E-state index in [9.17, 15) is 9.18 Å². The standard InChI is InChI=1S/C13H18FNO2/c1-3-13(2,12(16)17)15-9-8-10-6-4-5-7-11(10)14/h4-7,15H,3,8-9H2,1-2H3,(H,16,17). The number of nitrogens with one attached hydrogen (secondary N) is 1. The number of carboxylic acids is 1. The zero-order valence-corrected chi connectivity index (χ0v) is 10.2. The molecule has 3 nitrogen and oxygen atoms in total. The molecule has 0 aliphatic rings. The lowest BCUT2D eigenvalue weighted by atomic mass is 9.99. The summed E-state index contributed by atoms with van der Waals surface area (Å²) in [4.78, 5) is 11.0. The highest BCUT2D eigenvalue weighted by molar-refractivity contribution is 5.78. The Bertz CT molecular complexity index is 395. The average molecular weight is 239 g/mol. The average Bonchev–Trinajstić information content (AvgIpc) is 2.31. The Kier molecular flexibility index (Phi) is 4.63. The van der Waals surface area contributed by atoms with Crippen LogP contribution in [0, 0.1) is 5.82 Å². The molecular weight excluding hydrogens is 221 g/mol. The molecule has 0 aromatic heterocycles. The fourth-order valence-corrected chi connectivity index (χ4v) is 1.53. The van der Waals surface area contributed by atoms with Gasteiger partial charge in [-0.15, -0.1) is 0 Å². The van der Waals surface area contributed by atoms with Gasteiger partial charge >= 0.3 is 5.97 Å². The molecule has 0 amide bonds. The number of halogens is 1. The molecule has 0 spiro atoms. The van der Waals surface area contributed by atoms with E-state index in [0.29, 0.717) is 24.9 Å². The van der Waals surface area contributed by atoms with Crippen LogP contribution in [0.25, 0.3) is 0 Å². The number of hydrogen-bond donors (Lipinski definition) is 2. The van der Waals surface area contributed by atoms with E-state index in [2.05, 4.69) is 5.32 Å². The Morgan fingerprint density at radius 1 is 1.47 bits per heavy atom. The molecule has 0 saturated carbocycles. The zero-order chi connectivity index (χ0) is 12.9. The molecule has 1 unspecified atom stereocenters. The molecule has 1 aromatic carbocycles. The molecule has 94 valence electrons. The van der Waals surface area contributed by atoms with Crippen molar-refractivity contribution in [1.29, 1.82) is 0 Å². The molecule has 1 atom stereocenters. The van der Waals surface area contributed by atoms with Gasteiger partial charge < -0.3 is 10.4 Å². The highest BCUT2D eigenvalue weighted by atomic mass is 19.1. The molecule has 0 radical (unpaired) electrons. The number of rotatable bonds is 6. The van der Waals surface area contributed by atoms with E-state index in [1.807, 2.05) is 6.92 Å². The summed E-state index contributed by atoms with van der Waals surface area (Å²) in [6.45, 7) is 3.89. The first-order chi connectivity index (χ1) is 7.99. The second-order valence-electron chi connectivity index (χ2n) is 4.26. The van der Waals surface area contributed by atoms with Crippen LogP contribution >= 0.6 is 0 Å². The Morgan fingerprint density at radius 2 is 2.12 bits per heavy atom. The minimum atomic E-state index is -0.939. The van der Waals surface area contributed by atoms with Crippen LogP contribution in [0.2, 0.25) is 0 Å². The molecule has 0 aliphatic carbocycles. The van der Waals surface area contributed by atoms with Gasteiger partial charge in [0.05, 0.1) is 0 Å². The SMILES string of the molecule is CCC(C)(NCCc1ccccc1F)C(=O)O. The van der Waals surface area contributed by atoms with Gasteiger partial charge in [0, 0.05) is 6.54 Å². The quantitative estimate of drug-likeness (QED) is 0.800. The zero-order valence-electron chi connectivity index (χ0n) is 10.2. The molecule has 0 heterocycles. The normalized spacial score (nSPS) is 14.3. The van der Waals surface area contributed by atoms with Gasteiger partial charge in [0.25, 0.3) is 0 Å². The first-order valence-electron chi connectivity index (χ1n) is 5.71. The molecule has 0 bridgehead atoms. The van der Waals surface area contributed by atoms with Crippen molar-refractivity contribution in [2.45, 2.75) is 32.2 Å². The lowest BCUT2D eigenvalue weighted by Gasteiger charge is -2.24. The number of benzene rings is 1. The summed E-state index contributed by atoms with van der Waals surface area (Å²) in [6, 6.07) is 6.53. The predicted molar refractivity (Wildman–Crippen MR) is 64.4 cm³/mol. The monoisotopic (exact) mass is 239 g/mol. The van der Waals surface area contributed by atoms with Crippen LogP contribution in [0.4, 0.5) is 4.39 Å². The van der Waals surface area contributed by atoms with Crippen LogP contribution in [0.3, 0.4) is 0 Å². The third-order valence-corrected chi connectivity index (χ3v) is 3.05. The van der Waals surface area contributed by atoms with Gasteiger partial charge in [-0.05, 0) is 31.4 Å². The van der Waals surface area contributed by atoms with Gasteiger partial charge in [0.1, 0.15) is 11.4 Å². The van der Waals surface area contributed by atoms with Crippen molar-refractivity contribution in [3.05, 3.63) is 35.6 Å². The molecule has 17 heavy (non-hydrogen) atoms. The van der Waals surface area contributed by atoms with E-state index in [1.54, 1.807) is 25.1 Å². The molecule has 0 aliphatic heterocycles. The van der Waals surface area contributed by atoms with Crippen LogP contribution in [0.5, 0.6) is 0 Å². The molecule has 0 fully saturated rings. The molecule has 1 rings (SSSR count). The van der Waals surface area contributed by atoms with E-state index in [0.717, 1.165) is 0 Å². The maximum absolute atomic E-state index is 13.3. The topological polar surface area (TPSA) is 49.3 Å². The van der Waals surface area contributed by atoms with Crippen LogP contribution in [0.1, 0.15) is 25.8 Å². The van der Waals surface area contributed by atoms with Crippen molar-refractivity contribution < 1.29 is 14.3 Å². The van der Waals surface area contributed by atoms with Crippen LogP contribution < -0.4 is 5.32 Å². The first kappa shape index (κ1) is 13.6. The van der Waals surface area contributed by atoms with Gasteiger partial charge in [-0.25, -0.2) is 4.39 Å². The van der Waals surface area contributed by atoms with Crippen molar-refractivity contribution in [2.24, 2.45) is 0 Å². The van der Waals surface area contributed by atoms with Crippen LogP contribution in [0.15, 0.2) is 24.3 Å². The lowest BCUT2D eigenvalue weighted by molar-refractivity contribution is -0.144. The van der Waals surface area contributed by atoms with Crippen LogP contribution in [-0.2, 0) is 11.2 Å². The molecule has 4 heteroatoms. The third kappa shape index (κ3) is 3.53. The highest BCUT2D eigenvalue weighted by Gasteiger charge is 2.29. The van der Waals surface area contributed by atoms with E-state index >= 15 is 0 Å². The van der Waals surface area contributed by atoms with E-state index in [1.165, 1.54) is 6.07 Å². The minimum absolute atomic E-state index is 0.247. The van der Waals surface area contributed by atoms with Gasteiger partial charge in [-0.2, -0.15) is 0 Å². The maximum Gasteiger partial charge on any atom is 0.323 e. The number of carboxylic acid groups (broad SMARTS) is 1. The molecular formula is C13H18FNO2. The Balaban J connectivity index is 2.53. The minimum Gasteiger partial charge on any atom is -0.480 e. The number of aliphatic carboxylic acids is 1. The summed E-state index contributed by atoms with van der Waals surface area (Å²) < 4.78 is 13.3. The summed E-state index contributed by atoms with van der Waals surface area (Å²) in [5, 5.41) is 12.0. The highest BCUT2D eigenvalue weighted by Crippen LogP contribution is 2.11. The van der Waals surface area contributed by atoms with Gasteiger partial charge in [0.15, 0.2) is 0 Å². The maximum atomic E-state index is 13.3. The summed E-state index contributed by atoms with van der Waals surface area (Å²) in [7, 11) is 0. The second-order valence-corrected chi connectivity index (χ2v) is 4.26. The molecule has 2 N–H and O–H groups in total. The van der Waals surface area contributed by atoms with Gasteiger partial charge in [0.2, 0.25) is 0 Å². The number of carbonyl (C=O) groups is 1. The van der Waals surface area contributed by atoms with Gasteiger partial charge in [-0.3, -0.25) is 4.79 Å². The fraction of sp³-hybridized carbons (Fsp3) is 0.462. The van der Waals surface area contributed by atoms with Crippen LogP contribution in [-0.4, -0.2) is 23.2 Å². The summed E-state index contributed by atoms with van der Waals surface area (Å²) >= 11 is 0. The second kappa shape index (κ2) is 5.77. The van der Waals surface area contributed by atoms with Crippen molar-refractivity contribution in [1.82, 2.24) is 5.32 Å².